The van der Waals surface area contributed by atoms with Gasteiger partial charge in [-0.05, 0) is 31.5 Å². The van der Waals surface area contributed by atoms with Crippen LogP contribution in [-0.2, 0) is 4.79 Å². The lowest BCUT2D eigenvalue weighted by atomic mass is 10.0. The van der Waals surface area contributed by atoms with Crippen LogP contribution in [0.2, 0.25) is 0 Å². The monoisotopic (exact) mass is 358 g/mol. The van der Waals surface area contributed by atoms with Crippen LogP contribution < -0.4 is 5.32 Å². The van der Waals surface area contributed by atoms with Crippen LogP contribution in [0.15, 0.2) is 74.9 Å². The fourth-order valence-electron chi connectivity index (χ4n) is 2.34. The average Bonchev–Trinajstić information content (AvgIpc) is 2.67. The van der Waals surface area contributed by atoms with Gasteiger partial charge in [0.2, 0.25) is 5.91 Å². The standard InChI is InChI=1S/C16H24N2O.C4H6.C3H8/c1-4-7-14(6-3)13-16(19)18(12-5-2)15-8-10-17-11-9-15;1-3-4-2;1-3-2/h4-7,15,17H,1-3,8-13H2;3-4H,1-2H2;3H2,1-2H3/b14-7+;;. The van der Waals surface area contributed by atoms with Crippen molar-refractivity contribution in [3.8, 4) is 0 Å². The van der Waals surface area contributed by atoms with Crippen molar-refractivity contribution >= 4 is 5.91 Å². The summed E-state index contributed by atoms with van der Waals surface area (Å²) in [5.41, 5.74) is 0.906. The van der Waals surface area contributed by atoms with Gasteiger partial charge in [-0.15, -0.1) is 6.58 Å². The van der Waals surface area contributed by atoms with Gasteiger partial charge in [0.05, 0.1) is 6.42 Å². The number of carbonyl (C=O) groups excluding carboxylic acids is 1. The molecule has 1 fully saturated rings. The Balaban J connectivity index is 0. The molecule has 1 aliphatic rings. The van der Waals surface area contributed by atoms with Crippen LogP contribution in [0, 0.1) is 0 Å². The van der Waals surface area contributed by atoms with Crippen molar-refractivity contribution in [1.29, 1.82) is 0 Å². The number of nitrogens with one attached hydrogen (secondary N) is 1. The number of piperidine rings is 1. The Morgan fingerprint density at radius 1 is 1.04 bits per heavy atom. The summed E-state index contributed by atoms with van der Waals surface area (Å²) in [7, 11) is 0. The Morgan fingerprint density at radius 3 is 1.96 bits per heavy atom. The van der Waals surface area contributed by atoms with E-state index in [1.807, 2.05) is 11.0 Å². The van der Waals surface area contributed by atoms with Crippen molar-refractivity contribution in [2.24, 2.45) is 0 Å². The zero-order valence-electron chi connectivity index (χ0n) is 16.9. The molecule has 1 N–H and O–H groups in total. The molecule has 1 aliphatic heterocycles. The summed E-state index contributed by atoms with van der Waals surface area (Å²) in [6.07, 6.45) is 14.0. The Hall–Kier alpha value is -2.13. The Kier molecular flexibility index (Phi) is 19.3. The molecule has 0 radical (unpaired) electrons. The van der Waals surface area contributed by atoms with Crippen LogP contribution in [0.25, 0.3) is 0 Å². The largest absolute Gasteiger partial charge is 0.336 e. The fraction of sp³-hybridized carbons (Fsp3) is 0.435. The van der Waals surface area contributed by atoms with Gasteiger partial charge >= 0.3 is 0 Å². The summed E-state index contributed by atoms with van der Waals surface area (Å²) in [6.45, 7) is 24.7. The molecule has 0 aromatic carbocycles. The molecule has 26 heavy (non-hydrogen) atoms. The van der Waals surface area contributed by atoms with E-state index in [1.165, 1.54) is 6.42 Å². The van der Waals surface area contributed by atoms with E-state index in [2.05, 4.69) is 52.1 Å². The molecular weight excluding hydrogens is 320 g/mol. The summed E-state index contributed by atoms with van der Waals surface area (Å²) >= 11 is 0. The number of allylic oxidation sites excluding steroid dienone is 5. The molecule has 0 saturated carbocycles. The lowest BCUT2D eigenvalue weighted by Crippen LogP contribution is -2.46. The number of amides is 1. The maximum absolute atomic E-state index is 12.4. The van der Waals surface area contributed by atoms with Crippen LogP contribution in [0.5, 0.6) is 0 Å². The maximum Gasteiger partial charge on any atom is 0.227 e. The van der Waals surface area contributed by atoms with Crippen LogP contribution in [0.4, 0.5) is 0 Å². The number of carbonyl (C=O) groups is 1. The van der Waals surface area contributed by atoms with E-state index in [0.29, 0.717) is 19.0 Å². The van der Waals surface area contributed by atoms with Crippen LogP contribution in [-0.4, -0.2) is 36.5 Å². The summed E-state index contributed by atoms with van der Waals surface area (Å²) in [6, 6.07) is 0.321. The Labute approximate surface area is 161 Å². The average molecular weight is 359 g/mol. The summed E-state index contributed by atoms with van der Waals surface area (Å²) < 4.78 is 0. The summed E-state index contributed by atoms with van der Waals surface area (Å²) in [4.78, 5) is 14.4. The molecule has 3 nitrogen and oxygen atoms in total. The third kappa shape index (κ3) is 13.2. The molecule has 0 spiro atoms. The molecule has 146 valence electrons. The highest BCUT2D eigenvalue weighted by Gasteiger charge is 2.24. The number of hydrogen-bond acceptors (Lipinski definition) is 2. The molecule has 0 unspecified atom stereocenters. The van der Waals surface area contributed by atoms with Gasteiger partial charge in [0, 0.05) is 12.6 Å². The molecular formula is C23H38N2O. The maximum atomic E-state index is 12.4. The van der Waals surface area contributed by atoms with Gasteiger partial charge in [-0.1, -0.05) is 83.0 Å². The second-order valence-electron chi connectivity index (χ2n) is 5.85. The lowest BCUT2D eigenvalue weighted by Gasteiger charge is -2.34. The summed E-state index contributed by atoms with van der Waals surface area (Å²) in [5, 5.41) is 3.32. The van der Waals surface area contributed by atoms with Crippen LogP contribution in [0.3, 0.4) is 0 Å². The van der Waals surface area contributed by atoms with Crippen molar-refractivity contribution in [3.63, 3.8) is 0 Å². The minimum Gasteiger partial charge on any atom is -0.336 e. The third-order valence-corrected chi connectivity index (χ3v) is 3.51. The van der Waals surface area contributed by atoms with Crippen molar-refractivity contribution in [2.75, 3.05) is 19.6 Å². The van der Waals surface area contributed by atoms with Gasteiger partial charge < -0.3 is 10.2 Å². The molecule has 1 saturated heterocycles. The zero-order valence-corrected chi connectivity index (χ0v) is 16.9. The van der Waals surface area contributed by atoms with Crippen LogP contribution in [0.1, 0.15) is 39.5 Å². The Morgan fingerprint density at radius 2 is 1.58 bits per heavy atom. The third-order valence-electron chi connectivity index (χ3n) is 3.51. The highest BCUT2D eigenvalue weighted by atomic mass is 16.2. The predicted octanol–water partition coefficient (Wildman–Crippen LogP) is 5.22. The zero-order chi connectivity index (χ0) is 20.2. The quantitative estimate of drug-likeness (QED) is 0.477. The highest BCUT2D eigenvalue weighted by Crippen LogP contribution is 2.15. The molecule has 0 atom stereocenters. The first-order valence-corrected chi connectivity index (χ1v) is 9.34. The van der Waals surface area contributed by atoms with E-state index in [1.54, 1.807) is 30.4 Å². The molecule has 0 aromatic heterocycles. The molecule has 1 amide bonds. The van der Waals surface area contributed by atoms with Gasteiger partial charge in [-0.25, -0.2) is 0 Å². The van der Waals surface area contributed by atoms with E-state index in [9.17, 15) is 4.79 Å². The molecule has 0 aromatic rings. The van der Waals surface area contributed by atoms with E-state index in [4.69, 9.17) is 0 Å². The highest BCUT2D eigenvalue weighted by molar-refractivity contribution is 5.80. The lowest BCUT2D eigenvalue weighted by molar-refractivity contribution is -0.132. The topological polar surface area (TPSA) is 32.3 Å². The van der Waals surface area contributed by atoms with Gasteiger partial charge in [-0.3, -0.25) is 4.79 Å². The second kappa shape index (κ2) is 19.2. The van der Waals surface area contributed by atoms with Crippen molar-refractivity contribution in [2.45, 2.75) is 45.6 Å². The summed E-state index contributed by atoms with van der Waals surface area (Å²) in [5.74, 6) is 0.139. The van der Waals surface area contributed by atoms with Crippen molar-refractivity contribution < 1.29 is 4.79 Å². The number of hydrogen-bond donors (Lipinski definition) is 1. The molecule has 0 bridgehead atoms. The first-order valence-electron chi connectivity index (χ1n) is 9.34. The molecule has 1 heterocycles. The second-order valence-corrected chi connectivity index (χ2v) is 5.85. The normalized spacial score (nSPS) is 13.7. The van der Waals surface area contributed by atoms with E-state index in [0.717, 1.165) is 31.5 Å². The number of nitrogens with zero attached hydrogens (tertiary/aromatic N) is 1. The first kappa shape index (κ1) is 26.1. The fourth-order valence-corrected chi connectivity index (χ4v) is 2.34. The van der Waals surface area contributed by atoms with E-state index in [-0.39, 0.29) is 5.91 Å². The van der Waals surface area contributed by atoms with Gasteiger partial charge in [0.15, 0.2) is 0 Å². The first-order chi connectivity index (χ1) is 12.6. The SMILES string of the molecule is C=C/C=C(\C=C)CC(=O)N(CC=C)C1CCNCC1.C=CC=C.CCC. The van der Waals surface area contributed by atoms with Gasteiger partial charge in [0.25, 0.3) is 0 Å². The number of rotatable bonds is 8. The smallest absolute Gasteiger partial charge is 0.227 e. The van der Waals surface area contributed by atoms with Crippen molar-refractivity contribution in [1.82, 2.24) is 10.2 Å². The van der Waals surface area contributed by atoms with Crippen molar-refractivity contribution in [3.05, 3.63) is 74.9 Å². The minimum atomic E-state index is 0.139. The Bertz CT molecular complexity index is 451. The predicted molar refractivity (Wildman–Crippen MR) is 117 cm³/mol. The van der Waals surface area contributed by atoms with E-state index >= 15 is 0 Å². The van der Waals surface area contributed by atoms with E-state index < -0.39 is 0 Å². The van der Waals surface area contributed by atoms with Gasteiger partial charge in [-0.2, -0.15) is 0 Å². The minimum absolute atomic E-state index is 0.139. The molecule has 1 rings (SSSR count). The molecule has 3 heteroatoms. The van der Waals surface area contributed by atoms with Crippen LogP contribution >= 0.6 is 0 Å². The van der Waals surface area contributed by atoms with Gasteiger partial charge in [0.1, 0.15) is 0 Å². The molecule has 0 aliphatic carbocycles.